The summed E-state index contributed by atoms with van der Waals surface area (Å²) >= 11 is 3.41. The maximum absolute atomic E-state index is 11.6. The summed E-state index contributed by atoms with van der Waals surface area (Å²) in [6.45, 7) is 1.50. The van der Waals surface area contributed by atoms with Gasteiger partial charge in [0.2, 0.25) is 5.91 Å². The fraction of sp³-hybridized carbons (Fsp3) is 0.188. The molecule has 1 unspecified atom stereocenters. The molecular formula is C16H16BrNO2. The van der Waals surface area contributed by atoms with Gasteiger partial charge in [0.1, 0.15) is 6.10 Å². The first-order valence-corrected chi connectivity index (χ1v) is 7.06. The molecule has 2 aromatic rings. The summed E-state index contributed by atoms with van der Waals surface area (Å²) < 4.78 is 0.864. The molecule has 1 atom stereocenters. The molecule has 4 heteroatoms. The van der Waals surface area contributed by atoms with Crippen LogP contribution in [-0.2, 0) is 4.79 Å². The molecular weight excluding hydrogens is 318 g/mol. The van der Waals surface area contributed by atoms with Crippen LogP contribution in [0.15, 0.2) is 53.0 Å². The lowest BCUT2D eigenvalue weighted by atomic mass is 9.99. The van der Waals surface area contributed by atoms with Crippen molar-refractivity contribution in [1.82, 2.24) is 0 Å². The van der Waals surface area contributed by atoms with Crippen molar-refractivity contribution in [2.45, 2.75) is 13.0 Å². The van der Waals surface area contributed by atoms with Gasteiger partial charge in [-0.1, -0.05) is 46.3 Å². The van der Waals surface area contributed by atoms with Crippen LogP contribution in [0, 0.1) is 0 Å². The second-order valence-corrected chi connectivity index (χ2v) is 5.51. The minimum atomic E-state index is -0.773. The van der Waals surface area contributed by atoms with Gasteiger partial charge in [-0.05, 0) is 23.8 Å². The van der Waals surface area contributed by atoms with Crippen molar-refractivity contribution in [3.63, 3.8) is 0 Å². The molecule has 0 radical (unpaired) electrons. The summed E-state index contributed by atoms with van der Waals surface area (Å²) in [7, 11) is 1.70. The van der Waals surface area contributed by atoms with Crippen LogP contribution in [0.3, 0.4) is 0 Å². The van der Waals surface area contributed by atoms with Crippen molar-refractivity contribution < 1.29 is 9.90 Å². The lowest BCUT2D eigenvalue weighted by Gasteiger charge is -2.22. The Morgan fingerprint density at radius 1 is 1.20 bits per heavy atom. The summed E-state index contributed by atoms with van der Waals surface area (Å²) in [4.78, 5) is 13.1. The van der Waals surface area contributed by atoms with Gasteiger partial charge < -0.3 is 10.0 Å². The molecule has 2 rings (SSSR count). The first-order chi connectivity index (χ1) is 9.50. The Hall–Kier alpha value is -1.65. The summed E-state index contributed by atoms with van der Waals surface area (Å²) in [6, 6.07) is 14.9. The Morgan fingerprint density at radius 2 is 1.85 bits per heavy atom. The molecule has 0 saturated heterocycles. The van der Waals surface area contributed by atoms with Crippen molar-refractivity contribution in [2.24, 2.45) is 0 Å². The minimum Gasteiger partial charge on any atom is -0.384 e. The fourth-order valence-electron chi connectivity index (χ4n) is 2.03. The largest absolute Gasteiger partial charge is 0.384 e. The standard InChI is InChI=1S/C16H16BrNO2/c1-11(19)18(2)15-9-8-13(17)10-14(15)16(20)12-6-4-3-5-7-12/h3-10,16,20H,1-2H3. The van der Waals surface area contributed by atoms with Crippen LogP contribution in [-0.4, -0.2) is 18.1 Å². The van der Waals surface area contributed by atoms with E-state index in [9.17, 15) is 9.90 Å². The smallest absolute Gasteiger partial charge is 0.223 e. The first-order valence-electron chi connectivity index (χ1n) is 6.27. The highest BCUT2D eigenvalue weighted by atomic mass is 79.9. The normalized spacial score (nSPS) is 12.0. The Morgan fingerprint density at radius 3 is 2.45 bits per heavy atom. The molecule has 0 bridgehead atoms. The van der Waals surface area contributed by atoms with E-state index in [1.807, 2.05) is 48.5 Å². The highest BCUT2D eigenvalue weighted by Crippen LogP contribution is 2.32. The van der Waals surface area contributed by atoms with Crippen LogP contribution < -0.4 is 4.90 Å². The third-order valence-electron chi connectivity index (χ3n) is 3.23. The molecule has 20 heavy (non-hydrogen) atoms. The van der Waals surface area contributed by atoms with E-state index in [2.05, 4.69) is 15.9 Å². The number of rotatable bonds is 3. The molecule has 0 saturated carbocycles. The molecule has 2 aromatic carbocycles. The zero-order chi connectivity index (χ0) is 14.7. The Kier molecular flexibility index (Phi) is 4.57. The highest BCUT2D eigenvalue weighted by molar-refractivity contribution is 9.10. The molecule has 0 aliphatic heterocycles. The second-order valence-electron chi connectivity index (χ2n) is 4.59. The number of aliphatic hydroxyl groups excluding tert-OH is 1. The number of aliphatic hydroxyl groups is 1. The summed E-state index contributed by atoms with van der Waals surface area (Å²) in [6.07, 6.45) is -0.773. The van der Waals surface area contributed by atoms with Crippen LogP contribution in [0.5, 0.6) is 0 Å². The molecule has 0 aliphatic carbocycles. The Balaban J connectivity index is 2.49. The molecule has 0 heterocycles. The van der Waals surface area contributed by atoms with Gasteiger partial charge >= 0.3 is 0 Å². The zero-order valence-corrected chi connectivity index (χ0v) is 13.0. The molecule has 0 aliphatic rings. The molecule has 0 aromatic heterocycles. The molecule has 0 spiro atoms. The Bertz CT molecular complexity index is 613. The average Bonchev–Trinajstić information content (AvgIpc) is 2.46. The number of nitrogens with zero attached hydrogens (tertiary/aromatic N) is 1. The van der Waals surface area contributed by atoms with E-state index < -0.39 is 6.10 Å². The lowest BCUT2D eigenvalue weighted by Crippen LogP contribution is -2.24. The van der Waals surface area contributed by atoms with Gasteiger partial charge in [0.15, 0.2) is 0 Å². The summed E-state index contributed by atoms with van der Waals surface area (Å²) in [5.41, 5.74) is 2.20. The first kappa shape index (κ1) is 14.8. The van der Waals surface area contributed by atoms with Gasteiger partial charge in [0.25, 0.3) is 0 Å². The van der Waals surface area contributed by atoms with Gasteiger partial charge in [0, 0.05) is 29.7 Å². The van der Waals surface area contributed by atoms with Crippen LogP contribution in [0.2, 0.25) is 0 Å². The number of amides is 1. The SMILES string of the molecule is CC(=O)N(C)c1ccc(Br)cc1C(O)c1ccccc1. The lowest BCUT2D eigenvalue weighted by molar-refractivity contribution is -0.116. The van der Waals surface area contributed by atoms with E-state index in [4.69, 9.17) is 0 Å². The third kappa shape index (κ3) is 3.08. The summed E-state index contributed by atoms with van der Waals surface area (Å²) in [5.74, 6) is -0.0752. The number of hydrogen-bond donors (Lipinski definition) is 1. The number of halogens is 1. The van der Waals surface area contributed by atoms with Crippen LogP contribution in [0.1, 0.15) is 24.2 Å². The fourth-order valence-corrected chi connectivity index (χ4v) is 2.41. The van der Waals surface area contributed by atoms with Gasteiger partial charge in [0.05, 0.1) is 0 Å². The van der Waals surface area contributed by atoms with Crippen molar-refractivity contribution in [2.75, 3.05) is 11.9 Å². The minimum absolute atomic E-state index is 0.0752. The van der Waals surface area contributed by atoms with Gasteiger partial charge in [-0.25, -0.2) is 0 Å². The molecule has 1 N–H and O–H groups in total. The molecule has 104 valence electrons. The van der Waals surface area contributed by atoms with Crippen molar-refractivity contribution in [3.05, 3.63) is 64.1 Å². The Labute approximate surface area is 127 Å². The van der Waals surface area contributed by atoms with E-state index >= 15 is 0 Å². The maximum atomic E-state index is 11.6. The van der Waals surface area contributed by atoms with Crippen molar-refractivity contribution in [1.29, 1.82) is 0 Å². The van der Waals surface area contributed by atoms with Gasteiger partial charge in [-0.15, -0.1) is 0 Å². The molecule has 0 fully saturated rings. The van der Waals surface area contributed by atoms with Crippen LogP contribution >= 0.6 is 15.9 Å². The number of carbonyl (C=O) groups excluding carboxylic acids is 1. The number of benzene rings is 2. The van der Waals surface area contributed by atoms with E-state index in [1.54, 1.807) is 7.05 Å². The van der Waals surface area contributed by atoms with E-state index in [1.165, 1.54) is 11.8 Å². The maximum Gasteiger partial charge on any atom is 0.223 e. The van der Waals surface area contributed by atoms with Gasteiger partial charge in [-0.3, -0.25) is 4.79 Å². The summed E-state index contributed by atoms with van der Waals surface area (Å²) in [5, 5.41) is 10.6. The average molecular weight is 334 g/mol. The third-order valence-corrected chi connectivity index (χ3v) is 3.73. The number of carbonyl (C=O) groups is 1. The number of anilines is 1. The molecule has 1 amide bonds. The predicted octanol–water partition coefficient (Wildman–Crippen LogP) is 3.51. The second kappa shape index (κ2) is 6.20. The van der Waals surface area contributed by atoms with Crippen LogP contribution in [0.25, 0.3) is 0 Å². The quantitative estimate of drug-likeness (QED) is 0.933. The van der Waals surface area contributed by atoms with Gasteiger partial charge in [-0.2, -0.15) is 0 Å². The highest BCUT2D eigenvalue weighted by Gasteiger charge is 2.18. The number of hydrogen-bond acceptors (Lipinski definition) is 2. The van der Waals surface area contributed by atoms with E-state index in [-0.39, 0.29) is 5.91 Å². The zero-order valence-electron chi connectivity index (χ0n) is 11.4. The van der Waals surface area contributed by atoms with E-state index in [0.29, 0.717) is 11.3 Å². The predicted molar refractivity (Wildman–Crippen MR) is 83.7 cm³/mol. The van der Waals surface area contributed by atoms with E-state index in [0.717, 1.165) is 10.0 Å². The van der Waals surface area contributed by atoms with Crippen LogP contribution in [0.4, 0.5) is 5.69 Å². The molecule has 3 nitrogen and oxygen atoms in total. The van der Waals surface area contributed by atoms with Crippen molar-refractivity contribution >= 4 is 27.5 Å². The monoisotopic (exact) mass is 333 g/mol. The topological polar surface area (TPSA) is 40.5 Å². The van der Waals surface area contributed by atoms with Crippen molar-refractivity contribution in [3.8, 4) is 0 Å².